The van der Waals surface area contributed by atoms with Crippen LogP contribution in [0.2, 0.25) is 0 Å². The van der Waals surface area contributed by atoms with Gasteiger partial charge in [-0.05, 0) is 37.1 Å². The van der Waals surface area contributed by atoms with Crippen molar-refractivity contribution < 1.29 is 9.53 Å². The Labute approximate surface area is 112 Å². The molecule has 1 heterocycles. The number of carbonyl (C=O) groups is 1. The van der Waals surface area contributed by atoms with Gasteiger partial charge in [0, 0.05) is 0 Å². The van der Waals surface area contributed by atoms with Crippen LogP contribution in [0.15, 0.2) is 36.4 Å². The number of nitrogens with one attached hydrogen (secondary N) is 1. The third-order valence-corrected chi connectivity index (χ3v) is 3.17. The highest BCUT2D eigenvalue weighted by molar-refractivity contribution is 5.96. The lowest BCUT2D eigenvalue weighted by Gasteiger charge is -2.18. The molecule has 0 spiro atoms. The number of aryl methyl sites for hydroxylation is 2. The summed E-state index contributed by atoms with van der Waals surface area (Å²) in [6, 6.07) is 12.3. The molecule has 0 fully saturated rings. The molecular formula is C16H15NO2. The van der Waals surface area contributed by atoms with Gasteiger partial charge < -0.3 is 10.1 Å². The Bertz CT molecular complexity index is 642. The van der Waals surface area contributed by atoms with Gasteiger partial charge in [-0.3, -0.25) is 4.79 Å². The Hall–Kier alpha value is -2.29. The summed E-state index contributed by atoms with van der Waals surface area (Å²) in [5, 5.41) is 2.84. The molecule has 1 aliphatic rings. The van der Waals surface area contributed by atoms with E-state index in [1.807, 2.05) is 18.2 Å². The van der Waals surface area contributed by atoms with Crippen molar-refractivity contribution in [2.45, 2.75) is 13.8 Å². The Morgan fingerprint density at radius 3 is 2.47 bits per heavy atom. The van der Waals surface area contributed by atoms with Crippen molar-refractivity contribution >= 4 is 11.6 Å². The van der Waals surface area contributed by atoms with Crippen LogP contribution >= 0.6 is 0 Å². The molecule has 2 aromatic rings. The van der Waals surface area contributed by atoms with E-state index in [2.05, 4.69) is 37.4 Å². The van der Waals surface area contributed by atoms with Gasteiger partial charge >= 0.3 is 0 Å². The van der Waals surface area contributed by atoms with Gasteiger partial charge in [-0.15, -0.1) is 0 Å². The number of amides is 1. The number of hydrogen-bond donors (Lipinski definition) is 1. The second-order valence-corrected chi connectivity index (χ2v) is 4.92. The lowest BCUT2D eigenvalue weighted by Crippen LogP contribution is -2.25. The molecule has 0 saturated carbocycles. The number of ether oxygens (including phenoxy) is 1. The quantitative estimate of drug-likeness (QED) is 0.846. The number of fused-ring (bicyclic) bond motifs is 1. The normalized spacial score (nSPS) is 13.5. The number of carbonyl (C=O) groups excluding carboxylic acids is 1. The van der Waals surface area contributed by atoms with Crippen LogP contribution in [-0.4, -0.2) is 12.5 Å². The summed E-state index contributed by atoms with van der Waals surface area (Å²) in [5.74, 6) is 0.623. The summed E-state index contributed by atoms with van der Waals surface area (Å²) in [6.07, 6.45) is 0. The first-order valence-corrected chi connectivity index (χ1v) is 6.27. The van der Waals surface area contributed by atoms with Gasteiger partial charge in [-0.2, -0.15) is 0 Å². The van der Waals surface area contributed by atoms with E-state index >= 15 is 0 Å². The molecule has 0 aliphatic carbocycles. The zero-order chi connectivity index (χ0) is 13.4. The van der Waals surface area contributed by atoms with Gasteiger partial charge in [0.25, 0.3) is 5.91 Å². The Balaban J connectivity index is 2.06. The highest BCUT2D eigenvalue weighted by Gasteiger charge is 2.16. The first-order chi connectivity index (χ1) is 9.11. The lowest BCUT2D eigenvalue weighted by molar-refractivity contribution is -0.118. The Morgan fingerprint density at radius 2 is 1.74 bits per heavy atom. The predicted molar refractivity (Wildman–Crippen MR) is 75.5 cm³/mol. The SMILES string of the molecule is Cc1cc(C)cc(-c2ccc3c(c2)NC(=O)CO3)c1. The number of rotatable bonds is 1. The first-order valence-electron chi connectivity index (χ1n) is 6.27. The monoisotopic (exact) mass is 253 g/mol. The first kappa shape index (κ1) is 11.8. The minimum Gasteiger partial charge on any atom is -0.482 e. The Morgan fingerprint density at radius 1 is 1.00 bits per heavy atom. The van der Waals surface area contributed by atoms with E-state index in [0.717, 1.165) is 22.6 Å². The topological polar surface area (TPSA) is 38.3 Å². The van der Waals surface area contributed by atoms with E-state index < -0.39 is 0 Å². The molecule has 1 N–H and O–H groups in total. The maximum absolute atomic E-state index is 11.3. The Kier molecular flexibility index (Phi) is 2.75. The van der Waals surface area contributed by atoms with Crippen molar-refractivity contribution in [3.05, 3.63) is 47.5 Å². The zero-order valence-electron chi connectivity index (χ0n) is 11.0. The van der Waals surface area contributed by atoms with Gasteiger partial charge in [-0.25, -0.2) is 0 Å². The van der Waals surface area contributed by atoms with Gasteiger partial charge in [0.15, 0.2) is 6.61 Å². The van der Waals surface area contributed by atoms with Crippen LogP contribution in [0.25, 0.3) is 11.1 Å². The molecule has 3 nitrogen and oxygen atoms in total. The third-order valence-electron chi connectivity index (χ3n) is 3.17. The summed E-state index contributed by atoms with van der Waals surface area (Å²) in [5.41, 5.74) is 5.44. The molecule has 0 radical (unpaired) electrons. The van der Waals surface area contributed by atoms with E-state index in [0.29, 0.717) is 0 Å². The molecule has 1 aliphatic heterocycles. The van der Waals surface area contributed by atoms with Crippen LogP contribution in [0.4, 0.5) is 5.69 Å². The number of benzene rings is 2. The van der Waals surface area contributed by atoms with Gasteiger partial charge in [0.1, 0.15) is 5.75 Å². The second kappa shape index (κ2) is 4.43. The minimum absolute atomic E-state index is 0.0932. The molecule has 2 aromatic carbocycles. The summed E-state index contributed by atoms with van der Waals surface area (Å²) in [7, 11) is 0. The van der Waals surface area contributed by atoms with Crippen LogP contribution in [0, 0.1) is 13.8 Å². The zero-order valence-corrected chi connectivity index (χ0v) is 11.0. The van der Waals surface area contributed by atoms with Crippen molar-refractivity contribution in [1.82, 2.24) is 0 Å². The maximum Gasteiger partial charge on any atom is 0.262 e. The largest absolute Gasteiger partial charge is 0.482 e. The molecule has 0 saturated heterocycles. The van der Waals surface area contributed by atoms with Crippen molar-refractivity contribution in [3.8, 4) is 16.9 Å². The fraction of sp³-hybridized carbons (Fsp3) is 0.188. The van der Waals surface area contributed by atoms with Crippen LogP contribution in [-0.2, 0) is 4.79 Å². The van der Waals surface area contributed by atoms with Crippen LogP contribution in [0.3, 0.4) is 0 Å². The smallest absolute Gasteiger partial charge is 0.262 e. The molecule has 96 valence electrons. The van der Waals surface area contributed by atoms with Crippen LogP contribution in [0.1, 0.15) is 11.1 Å². The van der Waals surface area contributed by atoms with Crippen molar-refractivity contribution in [2.24, 2.45) is 0 Å². The predicted octanol–water partition coefficient (Wildman–Crippen LogP) is 3.30. The number of anilines is 1. The summed E-state index contributed by atoms with van der Waals surface area (Å²) in [6.45, 7) is 4.26. The average Bonchev–Trinajstić information content (AvgIpc) is 2.36. The minimum atomic E-state index is -0.106. The molecule has 0 atom stereocenters. The highest BCUT2D eigenvalue weighted by Crippen LogP contribution is 2.33. The third kappa shape index (κ3) is 2.32. The number of hydrogen-bond acceptors (Lipinski definition) is 2. The van der Waals surface area contributed by atoms with Crippen molar-refractivity contribution in [1.29, 1.82) is 0 Å². The van der Waals surface area contributed by atoms with Gasteiger partial charge in [0.2, 0.25) is 0 Å². The molecule has 3 heteroatoms. The fourth-order valence-electron chi connectivity index (χ4n) is 2.40. The van der Waals surface area contributed by atoms with E-state index in [1.54, 1.807) is 0 Å². The molecule has 3 rings (SSSR count). The van der Waals surface area contributed by atoms with E-state index in [1.165, 1.54) is 11.1 Å². The highest BCUT2D eigenvalue weighted by atomic mass is 16.5. The average molecular weight is 253 g/mol. The van der Waals surface area contributed by atoms with Gasteiger partial charge in [-0.1, -0.05) is 35.4 Å². The van der Waals surface area contributed by atoms with Gasteiger partial charge in [0.05, 0.1) is 5.69 Å². The lowest BCUT2D eigenvalue weighted by atomic mass is 10.00. The summed E-state index contributed by atoms with van der Waals surface area (Å²) >= 11 is 0. The van der Waals surface area contributed by atoms with E-state index in [-0.39, 0.29) is 12.5 Å². The van der Waals surface area contributed by atoms with E-state index in [9.17, 15) is 4.79 Å². The van der Waals surface area contributed by atoms with Crippen LogP contribution in [0.5, 0.6) is 5.75 Å². The summed E-state index contributed by atoms with van der Waals surface area (Å²) in [4.78, 5) is 11.3. The standard InChI is InChI=1S/C16H15NO2/c1-10-5-11(2)7-13(6-10)12-3-4-15-14(8-12)17-16(18)9-19-15/h3-8H,9H2,1-2H3,(H,17,18). The fourth-order valence-corrected chi connectivity index (χ4v) is 2.40. The molecule has 1 amide bonds. The van der Waals surface area contributed by atoms with E-state index in [4.69, 9.17) is 4.74 Å². The summed E-state index contributed by atoms with van der Waals surface area (Å²) < 4.78 is 5.36. The van der Waals surface area contributed by atoms with Crippen LogP contribution < -0.4 is 10.1 Å². The molecule has 0 bridgehead atoms. The molecule has 0 unspecified atom stereocenters. The second-order valence-electron chi connectivity index (χ2n) is 4.92. The van der Waals surface area contributed by atoms with Crippen molar-refractivity contribution in [2.75, 3.05) is 11.9 Å². The molecule has 0 aromatic heterocycles. The van der Waals surface area contributed by atoms with Crippen molar-refractivity contribution in [3.63, 3.8) is 0 Å². The molecular weight excluding hydrogens is 238 g/mol. The maximum atomic E-state index is 11.3. The molecule has 19 heavy (non-hydrogen) atoms.